The minimum atomic E-state index is -3.60. The second kappa shape index (κ2) is 10.8. The number of benzene rings is 2. The van der Waals surface area contributed by atoms with E-state index in [9.17, 15) is 22.4 Å². The van der Waals surface area contributed by atoms with Crippen LogP contribution in [0.5, 0.6) is 0 Å². The van der Waals surface area contributed by atoms with Gasteiger partial charge in [-0.2, -0.15) is 0 Å². The molecule has 0 spiro atoms. The Morgan fingerprint density at radius 3 is 2.27 bits per heavy atom. The monoisotopic (exact) mass is 436 g/mol. The maximum atomic E-state index is 13.2. The lowest BCUT2D eigenvalue weighted by atomic mass is 10.0. The number of unbranched alkanes of at least 4 members (excludes halogenated alkanes) is 1. The summed E-state index contributed by atoms with van der Waals surface area (Å²) in [5, 5.41) is 2.66. The van der Waals surface area contributed by atoms with Crippen molar-refractivity contribution in [1.82, 2.24) is 4.72 Å². The van der Waals surface area contributed by atoms with Gasteiger partial charge in [0.05, 0.1) is 24.5 Å². The van der Waals surface area contributed by atoms with E-state index in [1.54, 1.807) is 12.1 Å². The summed E-state index contributed by atoms with van der Waals surface area (Å²) in [6, 6.07) is 10.6. The van der Waals surface area contributed by atoms with Gasteiger partial charge in [0.15, 0.2) is 0 Å². The molecule has 9 heteroatoms. The molecular formula is C21H25FN2O5S. The number of ether oxygens (including phenoxy) is 1. The first-order valence-corrected chi connectivity index (χ1v) is 11.4. The third-order valence-electron chi connectivity index (χ3n) is 4.15. The predicted molar refractivity (Wildman–Crippen MR) is 112 cm³/mol. The molecule has 2 N–H and O–H groups in total. The Morgan fingerprint density at radius 1 is 1.07 bits per heavy atom. The van der Waals surface area contributed by atoms with Crippen molar-refractivity contribution >= 4 is 27.6 Å². The lowest BCUT2D eigenvalue weighted by Crippen LogP contribution is -2.30. The molecule has 0 aliphatic carbocycles. The number of hydrogen-bond acceptors (Lipinski definition) is 5. The van der Waals surface area contributed by atoms with Crippen LogP contribution < -0.4 is 10.0 Å². The smallest absolute Gasteiger partial charge is 0.338 e. The molecule has 0 heterocycles. The third-order valence-corrected chi connectivity index (χ3v) is 4.87. The number of nitrogens with one attached hydrogen (secondary N) is 2. The number of hydrogen-bond donors (Lipinski definition) is 2. The predicted octanol–water partition coefficient (Wildman–Crippen LogP) is 3.40. The molecular weight excluding hydrogens is 411 g/mol. The van der Waals surface area contributed by atoms with Crippen molar-refractivity contribution in [1.29, 1.82) is 0 Å². The van der Waals surface area contributed by atoms with Gasteiger partial charge in [-0.05, 0) is 48.4 Å². The molecule has 0 unspecified atom stereocenters. The number of halogens is 1. The normalized spacial score (nSPS) is 12.2. The van der Waals surface area contributed by atoms with Crippen LogP contribution in [0.15, 0.2) is 48.5 Å². The molecule has 0 aliphatic heterocycles. The van der Waals surface area contributed by atoms with Gasteiger partial charge in [0.25, 0.3) is 0 Å². The lowest BCUT2D eigenvalue weighted by Gasteiger charge is -2.18. The van der Waals surface area contributed by atoms with Crippen LogP contribution in [0, 0.1) is 5.82 Å². The number of anilines is 1. The summed E-state index contributed by atoms with van der Waals surface area (Å²) >= 11 is 0. The first kappa shape index (κ1) is 23.5. The third kappa shape index (κ3) is 7.92. The summed E-state index contributed by atoms with van der Waals surface area (Å²) in [6.45, 7) is 2.35. The van der Waals surface area contributed by atoms with Gasteiger partial charge in [-0.3, -0.25) is 4.79 Å². The van der Waals surface area contributed by atoms with Gasteiger partial charge < -0.3 is 10.1 Å². The van der Waals surface area contributed by atoms with Crippen molar-refractivity contribution in [3.8, 4) is 0 Å². The van der Waals surface area contributed by atoms with Crippen molar-refractivity contribution < 1.29 is 27.1 Å². The van der Waals surface area contributed by atoms with Gasteiger partial charge in [0, 0.05) is 12.1 Å². The van der Waals surface area contributed by atoms with E-state index in [0.29, 0.717) is 23.4 Å². The fourth-order valence-electron chi connectivity index (χ4n) is 2.66. The lowest BCUT2D eigenvalue weighted by molar-refractivity contribution is -0.116. The highest BCUT2D eigenvalue weighted by Crippen LogP contribution is 2.20. The van der Waals surface area contributed by atoms with Crippen LogP contribution >= 0.6 is 0 Å². The van der Waals surface area contributed by atoms with Crippen LogP contribution in [0.3, 0.4) is 0 Å². The Hall–Kier alpha value is -2.78. The van der Waals surface area contributed by atoms with Crippen LogP contribution in [0.25, 0.3) is 0 Å². The van der Waals surface area contributed by atoms with Gasteiger partial charge in [-0.1, -0.05) is 25.5 Å². The summed E-state index contributed by atoms with van der Waals surface area (Å²) in [4.78, 5) is 24.3. The highest BCUT2D eigenvalue weighted by Gasteiger charge is 2.20. The van der Waals surface area contributed by atoms with E-state index in [1.807, 2.05) is 6.92 Å². The van der Waals surface area contributed by atoms with E-state index in [4.69, 9.17) is 4.74 Å². The largest absolute Gasteiger partial charge is 0.462 e. The summed E-state index contributed by atoms with van der Waals surface area (Å²) in [7, 11) is -3.60. The topological polar surface area (TPSA) is 102 Å². The van der Waals surface area contributed by atoms with Gasteiger partial charge >= 0.3 is 5.97 Å². The molecule has 2 aromatic rings. The van der Waals surface area contributed by atoms with Gasteiger partial charge in [-0.25, -0.2) is 22.3 Å². The zero-order chi connectivity index (χ0) is 22.1. The number of rotatable bonds is 10. The van der Waals surface area contributed by atoms with Crippen LogP contribution in [-0.4, -0.2) is 33.2 Å². The highest BCUT2D eigenvalue weighted by atomic mass is 32.2. The molecule has 2 aromatic carbocycles. The maximum Gasteiger partial charge on any atom is 0.338 e. The van der Waals surface area contributed by atoms with E-state index in [-0.39, 0.29) is 6.42 Å². The van der Waals surface area contributed by atoms with E-state index in [1.165, 1.54) is 36.4 Å². The molecule has 30 heavy (non-hydrogen) atoms. The summed E-state index contributed by atoms with van der Waals surface area (Å²) < 4.78 is 44.0. The van der Waals surface area contributed by atoms with Crippen LogP contribution in [-0.2, 0) is 19.6 Å². The van der Waals surface area contributed by atoms with Crippen molar-refractivity contribution in [2.24, 2.45) is 0 Å². The average molecular weight is 437 g/mol. The van der Waals surface area contributed by atoms with Gasteiger partial charge in [0.1, 0.15) is 5.82 Å². The Morgan fingerprint density at radius 2 is 1.70 bits per heavy atom. The fourth-order valence-corrected chi connectivity index (χ4v) is 3.40. The quantitative estimate of drug-likeness (QED) is 0.439. The van der Waals surface area contributed by atoms with E-state index in [0.717, 1.165) is 19.1 Å². The molecule has 0 saturated heterocycles. The molecule has 2 rings (SSSR count). The van der Waals surface area contributed by atoms with Crippen molar-refractivity contribution in [2.75, 3.05) is 18.2 Å². The van der Waals surface area contributed by atoms with Crippen molar-refractivity contribution in [3.05, 3.63) is 65.5 Å². The van der Waals surface area contributed by atoms with Crippen LogP contribution in [0.1, 0.15) is 48.1 Å². The minimum absolute atomic E-state index is 0.195. The number of amides is 1. The van der Waals surface area contributed by atoms with Crippen molar-refractivity contribution in [2.45, 2.75) is 32.2 Å². The standard InChI is InChI=1S/C21H25FN2O5S/c1-3-4-13-29-21(26)16-7-11-18(12-8-16)23-20(25)14-19(24-30(2,27)28)15-5-9-17(22)10-6-15/h5-12,19,24H,3-4,13-14H2,1-2H3,(H,23,25)/t19-/m1/s1. The van der Waals surface area contributed by atoms with Crippen LogP contribution in [0.2, 0.25) is 0 Å². The SMILES string of the molecule is CCCCOC(=O)c1ccc(NC(=O)C[C@@H](NS(C)(=O)=O)c2ccc(F)cc2)cc1. The molecule has 0 fully saturated rings. The Balaban J connectivity index is 2.02. The fraction of sp³-hybridized carbons (Fsp3) is 0.333. The molecule has 0 aromatic heterocycles. The second-order valence-corrected chi connectivity index (χ2v) is 8.59. The molecule has 162 valence electrons. The maximum absolute atomic E-state index is 13.2. The van der Waals surface area contributed by atoms with Gasteiger partial charge in [-0.15, -0.1) is 0 Å². The zero-order valence-corrected chi connectivity index (χ0v) is 17.7. The first-order valence-electron chi connectivity index (χ1n) is 9.47. The molecule has 7 nitrogen and oxygen atoms in total. The van der Waals surface area contributed by atoms with Crippen LogP contribution in [0.4, 0.5) is 10.1 Å². The summed E-state index contributed by atoms with van der Waals surface area (Å²) in [5.41, 5.74) is 1.27. The van der Waals surface area contributed by atoms with E-state index < -0.39 is 33.8 Å². The average Bonchev–Trinajstić information content (AvgIpc) is 2.67. The molecule has 0 radical (unpaired) electrons. The Kier molecular flexibility index (Phi) is 8.49. The number of carbonyl (C=O) groups is 2. The number of carbonyl (C=O) groups excluding carboxylic acids is 2. The molecule has 1 atom stereocenters. The van der Waals surface area contributed by atoms with Gasteiger partial charge in [0.2, 0.25) is 15.9 Å². The number of sulfonamides is 1. The molecule has 0 bridgehead atoms. The minimum Gasteiger partial charge on any atom is -0.462 e. The Bertz CT molecular complexity index is 960. The molecule has 0 saturated carbocycles. The van der Waals surface area contributed by atoms with E-state index in [2.05, 4.69) is 10.0 Å². The summed E-state index contributed by atoms with van der Waals surface area (Å²) in [5.74, 6) is -1.34. The first-order chi connectivity index (χ1) is 14.2. The highest BCUT2D eigenvalue weighted by molar-refractivity contribution is 7.88. The zero-order valence-electron chi connectivity index (χ0n) is 16.9. The van der Waals surface area contributed by atoms with E-state index >= 15 is 0 Å². The molecule has 0 aliphatic rings. The molecule has 1 amide bonds. The Labute approximate surface area is 175 Å². The second-order valence-electron chi connectivity index (χ2n) is 6.81. The summed E-state index contributed by atoms with van der Waals surface area (Å²) in [6.07, 6.45) is 2.50. The van der Waals surface area contributed by atoms with Crippen molar-refractivity contribution in [3.63, 3.8) is 0 Å². The number of esters is 1.